The Morgan fingerprint density at radius 2 is 1.49 bits per heavy atom. The number of carbonyl (C=O) groups excluding carboxylic acids is 5. The van der Waals surface area contributed by atoms with Crippen LogP contribution in [0.1, 0.15) is 79.7 Å². The fourth-order valence-corrected chi connectivity index (χ4v) is 6.98. The van der Waals surface area contributed by atoms with Crippen molar-refractivity contribution < 1.29 is 46.6 Å². The van der Waals surface area contributed by atoms with Gasteiger partial charge in [-0.15, -0.1) is 0 Å². The zero-order valence-corrected chi connectivity index (χ0v) is 31.9. The molecule has 1 aromatic heterocycles. The normalized spacial score (nSPS) is 17.3. The zero-order valence-electron chi connectivity index (χ0n) is 31.9. The number of aromatic nitrogens is 1. The standard InChI is InChI=1S/C41H46F4N6O6/c1-5-22(3)33(47-32(53)20-25-10-7-8-13-30(25)42)37(55)49-40(19-18-31-28(21-40)27-11-9-12-29(35(27)46-31)41(43,44)45)39(57)48-34(23(4)6-2)38(56)51-50-36(54)24-14-16-26(52)17-15-24/h7-17,22-23,33-34,46,52H,5-6,18-21H2,1-4H3,(H,47,53)(H,48,57)(H,49,55)(H,50,54)(H,51,56)/t22?,23-,33-,34?,40+/m0/s1. The summed E-state index contributed by atoms with van der Waals surface area (Å²) in [4.78, 5) is 71.5. The number of amides is 5. The molecule has 1 aliphatic rings. The first kappa shape index (κ1) is 42.2. The second kappa shape index (κ2) is 17.5. The fourth-order valence-electron chi connectivity index (χ4n) is 6.98. The molecule has 3 aromatic carbocycles. The summed E-state index contributed by atoms with van der Waals surface area (Å²) in [7, 11) is 0. The van der Waals surface area contributed by atoms with E-state index >= 15 is 0 Å². The lowest BCUT2D eigenvalue weighted by atomic mass is 9.78. The number of halogens is 4. The predicted octanol–water partition coefficient (Wildman–Crippen LogP) is 5.14. The van der Waals surface area contributed by atoms with E-state index in [-0.39, 0.29) is 53.5 Å². The number of phenolic OH excluding ortho intramolecular Hbond substituents is 1. The number of hydrazine groups is 1. The molecule has 7 N–H and O–H groups in total. The van der Waals surface area contributed by atoms with Gasteiger partial charge in [-0.25, -0.2) is 4.39 Å². The Balaban J connectivity index is 1.48. The molecule has 0 saturated carbocycles. The zero-order chi connectivity index (χ0) is 41.7. The third kappa shape index (κ3) is 9.55. The van der Waals surface area contributed by atoms with Crippen molar-refractivity contribution in [3.8, 4) is 5.75 Å². The van der Waals surface area contributed by atoms with E-state index in [9.17, 15) is 46.6 Å². The van der Waals surface area contributed by atoms with Crippen molar-refractivity contribution in [2.24, 2.45) is 11.8 Å². The van der Waals surface area contributed by atoms with Crippen molar-refractivity contribution in [3.05, 3.63) is 100 Å². The monoisotopic (exact) mass is 794 g/mol. The highest BCUT2D eigenvalue weighted by molar-refractivity contribution is 6.00. The molecule has 0 aliphatic heterocycles. The van der Waals surface area contributed by atoms with E-state index in [1.54, 1.807) is 33.8 Å². The van der Waals surface area contributed by atoms with Gasteiger partial charge in [0.25, 0.3) is 11.8 Å². The second-order valence-corrected chi connectivity index (χ2v) is 14.6. The van der Waals surface area contributed by atoms with Gasteiger partial charge in [0.05, 0.1) is 17.5 Å². The number of nitrogens with one attached hydrogen (secondary N) is 6. The molecule has 4 aromatic rings. The van der Waals surface area contributed by atoms with Gasteiger partial charge in [0.1, 0.15) is 29.2 Å². The van der Waals surface area contributed by atoms with E-state index in [1.165, 1.54) is 54.6 Å². The summed E-state index contributed by atoms with van der Waals surface area (Å²) in [5.74, 6) is -5.37. The summed E-state index contributed by atoms with van der Waals surface area (Å²) in [5.41, 5.74) is 2.77. The molecule has 5 rings (SSSR count). The smallest absolute Gasteiger partial charge is 0.418 e. The Kier molecular flexibility index (Phi) is 12.9. The Bertz CT molecular complexity index is 2140. The first-order valence-electron chi connectivity index (χ1n) is 18.7. The van der Waals surface area contributed by atoms with Crippen LogP contribution in [-0.2, 0) is 44.6 Å². The number of aryl methyl sites for hydroxylation is 1. The van der Waals surface area contributed by atoms with Crippen molar-refractivity contribution >= 4 is 40.4 Å². The number of benzene rings is 3. The molecule has 2 unspecified atom stereocenters. The summed E-state index contributed by atoms with van der Waals surface area (Å²) in [5, 5.41) is 18.0. The largest absolute Gasteiger partial charge is 0.508 e. The van der Waals surface area contributed by atoms with Crippen molar-refractivity contribution in [1.82, 2.24) is 31.8 Å². The highest BCUT2D eigenvalue weighted by Crippen LogP contribution is 2.40. The van der Waals surface area contributed by atoms with Crippen LogP contribution in [0.2, 0.25) is 0 Å². The van der Waals surface area contributed by atoms with Crippen LogP contribution in [0.3, 0.4) is 0 Å². The lowest BCUT2D eigenvalue weighted by molar-refractivity contribution is -0.139. The minimum atomic E-state index is -4.69. The Morgan fingerprint density at radius 3 is 2.12 bits per heavy atom. The second-order valence-electron chi connectivity index (χ2n) is 14.6. The number of para-hydroxylation sites is 1. The van der Waals surface area contributed by atoms with Crippen LogP contribution in [0.5, 0.6) is 5.75 Å². The highest BCUT2D eigenvalue weighted by atomic mass is 19.4. The predicted molar refractivity (Wildman–Crippen MR) is 203 cm³/mol. The molecule has 304 valence electrons. The minimum Gasteiger partial charge on any atom is -0.508 e. The molecule has 5 atom stereocenters. The number of rotatable bonds is 13. The van der Waals surface area contributed by atoms with Gasteiger partial charge in [0, 0.05) is 23.1 Å². The number of H-pyrrole nitrogens is 1. The SMILES string of the molecule is CCC(C)[C@H](NC(=O)Cc1ccccc1F)C(=O)N[C@]1(C(=O)NC(C(=O)NNC(=O)c2ccc(O)cc2)[C@@H](C)CC)CCc2[nH]c3c(C(F)(F)F)cccc3c2C1. The molecule has 0 spiro atoms. The molecule has 12 nitrogen and oxygen atoms in total. The molecular formula is C41H46F4N6O6. The number of alkyl halides is 3. The number of aromatic amines is 1. The van der Waals surface area contributed by atoms with Crippen LogP contribution in [0.15, 0.2) is 66.7 Å². The minimum absolute atomic E-state index is 0.0333. The average molecular weight is 795 g/mol. The Hall–Kier alpha value is -5.93. The van der Waals surface area contributed by atoms with Gasteiger partial charge in [0.15, 0.2) is 0 Å². The van der Waals surface area contributed by atoms with Crippen LogP contribution in [-0.4, -0.2) is 57.2 Å². The molecular weight excluding hydrogens is 748 g/mol. The maximum atomic E-state index is 14.7. The topological polar surface area (TPSA) is 182 Å². The number of hydrogen-bond acceptors (Lipinski definition) is 6. The van der Waals surface area contributed by atoms with Crippen molar-refractivity contribution in [3.63, 3.8) is 0 Å². The van der Waals surface area contributed by atoms with Gasteiger partial charge < -0.3 is 26.0 Å². The van der Waals surface area contributed by atoms with Gasteiger partial charge in [-0.2, -0.15) is 13.2 Å². The molecule has 0 bridgehead atoms. The summed E-state index contributed by atoms with van der Waals surface area (Å²) in [6.07, 6.45) is -4.59. The molecule has 5 amide bonds. The number of aromatic hydroxyl groups is 1. The van der Waals surface area contributed by atoms with E-state index in [0.29, 0.717) is 24.1 Å². The van der Waals surface area contributed by atoms with Crippen LogP contribution in [0.4, 0.5) is 17.6 Å². The van der Waals surface area contributed by atoms with Gasteiger partial charge >= 0.3 is 6.18 Å². The maximum absolute atomic E-state index is 14.7. The van der Waals surface area contributed by atoms with Gasteiger partial charge in [0.2, 0.25) is 17.7 Å². The number of phenols is 1. The molecule has 1 heterocycles. The van der Waals surface area contributed by atoms with Crippen LogP contribution in [0, 0.1) is 17.7 Å². The van der Waals surface area contributed by atoms with Crippen LogP contribution in [0.25, 0.3) is 10.9 Å². The summed E-state index contributed by atoms with van der Waals surface area (Å²) in [6.45, 7) is 6.98. The maximum Gasteiger partial charge on any atom is 0.418 e. The quantitative estimate of drug-likeness (QED) is 0.0727. The lowest BCUT2D eigenvalue weighted by Crippen LogP contribution is -2.67. The van der Waals surface area contributed by atoms with Crippen LogP contribution < -0.4 is 26.8 Å². The number of hydrogen-bond donors (Lipinski definition) is 7. The van der Waals surface area contributed by atoms with Crippen LogP contribution >= 0.6 is 0 Å². The number of carbonyl (C=O) groups is 5. The van der Waals surface area contributed by atoms with Crippen molar-refractivity contribution in [1.29, 1.82) is 0 Å². The van der Waals surface area contributed by atoms with E-state index in [0.717, 1.165) is 6.07 Å². The summed E-state index contributed by atoms with van der Waals surface area (Å²) in [6, 6.07) is 12.2. The molecule has 16 heteroatoms. The third-order valence-corrected chi connectivity index (χ3v) is 10.7. The fraction of sp³-hybridized carbons (Fsp3) is 0.390. The van der Waals surface area contributed by atoms with Gasteiger partial charge in [-0.1, -0.05) is 70.9 Å². The highest BCUT2D eigenvalue weighted by Gasteiger charge is 2.47. The molecule has 57 heavy (non-hydrogen) atoms. The van der Waals surface area contributed by atoms with E-state index < -0.39 is 76.6 Å². The molecule has 1 aliphatic carbocycles. The first-order valence-corrected chi connectivity index (χ1v) is 18.7. The Morgan fingerprint density at radius 1 is 0.842 bits per heavy atom. The number of fused-ring (bicyclic) bond motifs is 3. The average Bonchev–Trinajstić information content (AvgIpc) is 3.55. The van der Waals surface area contributed by atoms with E-state index in [1.807, 2.05) is 0 Å². The lowest BCUT2D eigenvalue weighted by Gasteiger charge is -2.39. The van der Waals surface area contributed by atoms with Gasteiger partial charge in [-0.3, -0.25) is 34.8 Å². The van der Waals surface area contributed by atoms with E-state index in [4.69, 9.17) is 0 Å². The van der Waals surface area contributed by atoms with Crippen molar-refractivity contribution in [2.45, 2.75) is 90.0 Å². The van der Waals surface area contributed by atoms with E-state index in [2.05, 4.69) is 31.8 Å². The first-order chi connectivity index (χ1) is 27.0. The summed E-state index contributed by atoms with van der Waals surface area (Å²) >= 11 is 0. The third-order valence-electron chi connectivity index (χ3n) is 10.7. The molecule has 0 saturated heterocycles. The summed E-state index contributed by atoms with van der Waals surface area (Å²) < 4.78 is 56.6. The van der Waals surface area contributed by atoms with Gasteiger partial charge in [-0.05, 0) is 72.2 Å². The molecule has 0 radical (unpaired) electrons. The molecule has 0 fully saturated rings. The van der Waals surface area contributed by atoms with Crippen molar-refractivity contribution in [2.75, 3.05) is 0 Å². The Labute approximate surface area is 326 Å².